The molecule has 2 rings (SSSR count). The first-order valence-electron chi connectivity index (χ1n) is 6.83. The van der Waals surface area contributed by atoms with E-state index >= 15 is 0 Å². The molecule has 1 amide bonds. The first-order chi connectivity index (χ1) is 9.95. The van der Waals surface area contributed by atoms with Crippen molar-refractivity contribution in [2.75, 3.05) is 13.2 Å². The molecule has 1 fully saturated rings. The molecule has 6 heteroatoms. The average molecular weight is 295 g/mol. The van der Waals surface area contributed by atoms with Gasteiger partial charge in [0.1, 0.15) is 11.9 Å². The smallest absolute Gasteiger partial charge is 0.325 e. The van der Waals surface area contributed by atoms with E-state index in [0.717, 1.165) is 0 Å². The van der Waals surface area contributed by atoms with Crippen molar-refractivity contribution in [2.45, 2.75) is 31.2 Å². The second-order valence-corrected chi connectivity index (χ2v) is 5.24. The van der Waals surface area contributed by atoms with Crippen LogP contribution in [0.1, 0.15) is 25.3 Å². The van der Waals surface area contributed by atoms with E-state index < -0.39 is 29.2 Å². The van der Waals surface area contributed by atoms with Gasteiger partial charge in [-0.1, -0.05) is 12.1 Å². The Labute approximate surface area is 122 Å². The van der Waals surface area contributed by atoms with E-state index in [-0.39, 0.29) is 0 Å². The lowest BCUT2D eigenvalue weighted by Crippen LogP contribution is -2.52. The molecule has 5 nitrogen and oxygen atoms in total. The van der Waals surface area contributed by atoms with Crippen molar-refractivity contribution in [1.82, 2.24) is 5.32 Å². The molecule has 0 spiro atoms. The standard InChI is InChI=1S/C15H18FNO4/c1-10(13(18)19)17-14(20)15(5-7-21-8-6-15)11-3-2-4-12(16)9-11/h2-4,9-10H,5-8H2,1H3,(H,17,20)(H,18,19)/t10-/m1/s1. The van der Waals surface area contributed by atoms with Crippen molar-refractivity contribution >= 4 is 11.9 Å². The van der Waals surface area contributed by atoms with Gasteiger partial charge in [0, 0.05) is 13.2 Å². The summed E-state index contributed by atoms with van der Waals surface area (Å²) in [6.45, 7) is 2.16. The molecule has 2 N–H and O–H groups in total. The number of halogens is 1. The molecule has 1 saturated heterocycles. The maximum absolute atomic E-state index is 13.5. The van der Waals surface area contributed by atoms with E-state index in [1.54, 1.807) is 12.1 Å². The molecule has 21 heavy (non-hydrogen) atoms. The molecule has 0 unspecified atom stereocenters. The number of carbonyl (C=O) groups excluding carboxylic acids is 1. The third kappa shape index (κ3) is 3.21. The van der Waals surface area contributed by atoms with Crippen LogP contribution in [-0.4, -0.2) is 36.2 Å². The van der Waals surface area contributed by atoms with Crippen LogP contribution in [-0.2, 0) is 19.7 Å². The lowest BCUT2D eigenvalue weighted by molar-refractivity contribution is -0.143. The molecule has 0 radical (unpaired) electrons. The van der Waals surface area contributed by atoms with Gasteiger partial charge in [0.25, 0.3) is 0 Å². The van der Waals surface area contributed by atoms with E-state index in [2.05, 4.69) is 5.32 Å². The predicted molar refractivity (Wildman–Crippen MR) is 73.4 cm³/mol. The van der Waals surface area contributed by atoms with Crippen LogP contribution in [0.5, 0.6) is 0 Å². The minimum absolute atomic E-state index is 0.380. The second-order valence-electron chi connectivity index (χ2n) is 5.24. The lowest BCUT2D eigenvalue weighted by Gasteiger charge is -2.36. The van der Waals surface area contributed by atoms with Crippen LogP contribution in [0.3, 0.4) is 0 Å². The van der Waals surface area contributed by atoms with Gasteiger partial charge in [-0.05, 0) is 37.5 Å². The van der Waals surface area contributed by atoms with Gasteiger partial charge in [-0.25, -0.2) is 4.39 Å². The molecule has 0 aliphatic carbocycles. The number of hydrogen-bond donors (Lipinski definition) is 2. The molecule has 1 aromatic rings. The Morgan fingerprint density at radius 2 is 2.05 bits per heavy atom. The van der Waals surface area contributed by atoms with E-state index in [1.807, 2.05) is 0 Å². The highest BCUT2D eigenvalue weighted by atomic mass is 19.1. The Kier molecular flexibility index (Phi) is 4.57. The zero-order valence-electron chi connectivity index (χ0n) is 11.8. The number of amides is 1. The third-order valence-corrected chi connectivity index (χ3v) is 3.88. The van der Waals surface area contributed by atoms with E-state index in [4.69, 9.17) is 9.84 Å². The lowest BCUT2D eigenvalue weighted by atomic mass is 9.73. The van der Waals surface area contributed by atoms with Crippen LogP contribution >= 0.6 is 0 Å². The number of benzene rings is 1. The normalized spacial score (nSPS) is 18.8. The molecule has 1 aromatic carbocycles. The Morgan fingerprint density at radius 3 is 2.62 bits per heavy atom. The largest absolute Gasteiger partial charge is 0.480 e. The van der Waals surface area contributed by atoms with Gasteiger partial charge in [0.2, 0.25) is 5.91 Å². The van der Waals surface area contributed by atoms with Crippen molar-refractivity contribution in [1.29, 1.82) is 0 Å². The molecule has 1 aliphatic rings. The molecular formula is C15H18FNO4. The highest BCUT2D eigenvalue weighted by Gasteiger charge is 2.42. The second kappa shape index (κ2) is 6.22. The van der Waals surface area contributed by atoms with Crippen LogP contribution in [0.4, 0.5) is 4.39 Å². The van der Waals surface area contributed by atoms with Crippen LogP contribution < -0.4 is 5.32 Å². The minimum Gasteiger partial charge on any atom is -0.480 e. The van der Waals surface area contributed by atoms with Crippen molar-refractivity contribution in [2.24, 2.45) is 0 Å². The number of carboxylic acid groups (broad SMARTS) is 1. The van der Waals surface area contributed by atoms with E-state index in [1.165, 1.54) is 19.1 Å². The summed E-state index contributed by atoms with van der Waals surface area (Å²) in [4.78, 5) is 23.5. The minimum atomic E-state index is -1.11. The summed E-state index contributed by atoms with van der Waals surface area (Å²) in [5, 5.41) is 11.4. The molecule has 1 aliphatic heterocycles. The Hall–Kier alpha value is -1.95. The molecule has 114 valence electrons. The number of nitrogens with one attached hydrogen (secondary N) is 1. The number of carboxylic acids is 1. The van der Waals surface area contributed by atoms with Gasteiger partial charge < -0.3 is 15.2 Å². The van der Waals surface area contributed by atoms with Gasteiger partial charge in [0.15, 0.2) is 0 Å². The zero-order chi connectivity index (χ0) is 15.5. The van der Waals surface area contributed by atoms with E-state index in [9.17, 15) is 14.0 Å². The van der Waals surface area contributed by atoms with Gasteiger partial charge >= 0.3 is 5.97 Å². The molecule has 0 saturated carbocycles. The Morgan fingerprint density at radius 1 is 1.38 bits per heavy atom. The summed E-state index contributed by atoms with van der Waals surface area (Å²) in [6, 6.07) is 4.89. The number of aliphatic carboxylic acids is 1. The topological polar surface area (TPSA) is 75.6 Å². The van der Waals surface area contributed by atoms with Gasteiger partial charge in [-0.15, -0.1) is 0 Å². The fourth-order valence-corrected chi connectivity index (χ4v) is 2.55. The fraction of sp³-hybridized carbons (Fsp3) is 0.467. The van der Waals surface area contributed by atoms with Crippen molar-refractivity contribution < 1.29 is 23.8 Å². The van der Waals surface area contributed by atoms with Crippen LogP contribution in [0.25, 0.3) is 0 Å². The number of carbonyl (C=O) groups is 2. The maximum Gasteiger partial charge on any atom is 0.325 e. The summed E-state index contributed by atoms with van der Waals surface area (Å²) in [6.07, 6.45) is 0.795. The summed E-state index contributed by atoms with van der Waals surface area (Å²) in [7, 11) is 0. The summed E-state index contributed by atoms with van der Waals surface area (Å²) in [5.74, 6) is -1.92. The number of ether oxygens (including phenoxy) is 1. The monoisotopic (exact) mass is 295 g/mol. The zero-order valence-corrected chi connectivity index (χ0v) is 11.8. The molecule has 0 bridgehead atoms. The van der Waals surface area contributed by atoms with E-state index in [0.29, 0.717) is 31.6 Å². The van der Waals surface area contributed by atoms with Crippen molar-refractivity contribution in [3.63, 3.8) is 0 Å². The third-order valence-electron chi connectivity index (χ3n) is 3.88. The molecule has 0 aromatic heterocycles. The maximum atomic E-state index is 13.5. The fourth-order valence-electron chi connectivity index (χ4n) is 2.55. The van der Waals surface area contributed by atoms with Crippen LogP contribution in [0.2, 0.25) is 0 Å². The SMILES string of the molecule is C[C@@H](NC(=O)C1(c2cccc(F)c2)CCOCC1)C(=O)O. The van der Waals surface area contributed by atoms with Crippen molar-refractivity contribution in [3.05, 3.63) is 35.6 Å². The Balaban J connectivity index is 2.33. The molecule has 1 heterocycles. The molecule has 1 atom stereocenters. The summed E-state index contributed by atoms with van der Waals surface area (Å²) in [5.41, 5.74) is -0.384. The first-order valence-corrected chi connectivity index (χ1v) is 6.83. The Bertz CT molecular complexity index is 540. The van der Waals surface area contributed by atoms with Gasteiger partial charge in [-0.3, -0.25) is 9.59 Å². The highest BCUT2D eigenvalue weighted by Crippen LogP contribution is 2.35. The van der Waals surface area contributed by atoms with Crippen molar-refractivity contribution in [3.8, 4) is 0 Å². The quantitative estimate of drug-likeness (QED) is 0.882. The average Bonchev–Trinajstić information content (AvgIpc) is 2.47. The van der Waals surface area contributed by atoms with Crippen LogP contribution in [0, 0.1) is 5.82 Å². The number of hydrogen-bond acceptors (Lipinski definition) is 3. The van der Waals surface area contributed by atoms with Gasteiger partial charge in [0.05, 0.1) is 5.41 Å². The first kappa shape index (κ1) is 15.4. The highest BCUT2D eigenvalue weighted by molar-refractivity contribution is 5.91. The summed E-state index contributed by atoms with van der Waals surface area (Å²) >= 11 is 0. The van der Waals surface area contributed by atoms with Crippen LogP contribution in [0.15, 0.2) is 24.3 Å². The van der Waals surface area contributed by atoms with Gasteiger partial charge in [-0.2, -0.15) is 0 Å². The molecular weight excluding hydrogens is 277 g/mol. The summed E-state index contributed by atoms with van der Waals surface area (Å²) < 4.78 is 18.8. The number of rotatable bonds is 4. The predicted octanol–water partition coefficient (Wildman–Crippen LogP) is 1.46.